The first kappa shape index (κ1) is 11.2. The molecule has 6 heteroatoms. The van der Waals surface area contributed by atoms with Crippen molar-refractivity contribution in [2.45, 2.75) is 25.6 Å². The van der Waals surface area contributed by atoms with Crippen LogP contribution in [0, 0.1) is 5.92 Å². The van der Waals surface area contributed by atoms with E-state index in [0.29, 0.717) is 0 Å². The molecule has 0 aromatic rings. The second-order valence-electron chi connectivity index (χ2n) is 2.50. The average molecular weight is 185 g/mol. The van der Waals surface area contributed by atoms with Gasteiger partial charge in [-0.1, -0.05) is 6.92 Å². The second-order valence-corrected chi connectivity index (χ2v) is 2.50. The van der Waals surface area contributed by atoms with E-state index in [1.54, 1.807) is 0 Å². The SMILES string of the molecule is CC(C(N)C(=O)O)C(F)C(F)F. The average Bonchev–Trinajstić information content (AvgIpc) is 2.00. The van der Waals surface area contributed by atoms with E-state index in [-0.39, 0.29) is 0 Å². The molecule has 0 saturated carbocycles. The molecule has 0 amide bonds. The molecule has 3 nitrogen and oxygen atoms in total. The molecule has 3 unspecified atom stereocenters. The number of halogens is 3. The number of hydrogen-bond donors (Lipinski definition) is 2. The predicted octanol–water partition coefficient (Wildman–Crippen LogP) is 0.638. The van der Waals surface area contributed by atoms with Gasteiger partial charge in [-0.15, -0.1) is 0 Å². The van der Waals surface area contributed by atoms with Gasteiger partial charge in [-0.25, -0.2) is 13.2 Å². The van der Waals surface area contributed by atoms with Crippen LogP contribution in [-0.2, 0) is 4.79 Å². The molecule has 0 heterocycles. The number of carbonyl (C=O) groups is 1. The molecular formula is C6H10F3NO2. The summed E-state index contributed by atoms with van der Waals surface area (Å²) in [4.78, 5) is 10.1. The van der Waals surface area contributed by atoms with E-state index in [1.807, 2.05) is 0 Å². The van der Waals surface area contributed by atoms with Crippen LogP contribution in [0.4, 0.5) is 13.2 Å². The number of carboxylic acids is 1. The van der Waals surface area contributed by atoms with Crippen LogP contribution in [0.2, 0.25) is 0 Å². The minimum atomic E-state index is -3.19. The molecule has 0 saturated heterocycles. The van der Waals surface area contributed by atoms with Crippen molar-refractivity contribution in [2.75, 3.05) is 0 Å². The van der Waals surface area contributed by atoms with Crippen LogP contribution >= 0.6 is 0 Å². The van der Waals surface area contributed by atoms with Gasteiger partial charge in [0.15, 0.2) is 6.17 Å². The maximum atomic E-state index is 12.4. The van der Waals surface area contributed by atoms with Crippen LogP contribution in [-0.4, -0.2) is 29.7 Å². The Labute approximate surface area is 67.4 Å². The fraction of sp³-hybridized carbons (Fsp3) is 0.833. The van der Waals surface area contributed by atoms with Crippen molar-refractivity contribution in [3.8, 4) is 0 Å². The Hall–Kier alpha value is -0.780. The van der Waals surface area contributed by atoms with E-state index in [1.165, 1.54) is 0 Å². The van der Waals surface area contributed by atoms with Crippen LogP contribution in [0.1, 0.15) is 6.92 Å². The van der Waals surface area contributed by atoms with Gasteiger partial charge in [0.1, 0.15) is 6.04 Å². The Morgan fingerprint density at radius 2 is 1.83 bits per heavy atom. The van der Waals surface area contributed by atoms with E-state index in [4.69, 9.17) is 10.8 Å². The first-order valence-corrected chi connectivity index (χ1v) is 3.28. The fourth-order valence-corrected chi connectivity index (χ4v) is 0.652. The van der Waals surface area contributed by atoms with Crippen molar-refractivity contribution in [1.82, 2.24) is 0 Å². The highest BCUT2D eigenvalue weighted by Crippen LogP contribution is 2.17. The van der Waals surface area contributed by atoms with Gasteiger partial charge >= 0.3 is 5.97 Å². The maximum Gasteiger partial charge on any atom is 0.320 e. The van der Waals surface area contributed by atoms with Crippen molar-refractivity contribution in [1.29, 1.82) is 0 Å². The molecule has 0 bridgehead atoms. The standard InChI is InChI=1S/C6H10F3NO2/c1-2(3(7)5(8)9)4(10)6(11)12/h2-5H,10H2,1H3,(H,11,12). The van der Waals surface area contributed by atoms with Gasteiger partial charge in [0, 0.05) is 5.92 Å². The van der Waals surface area contributed by atoms with E-state index in [9.17, 15) is 18.0 Å². The van der Waals surface area contributed by atoms with E-state index in [0.717, 1.165) is 6.92 Å². The van der Waals surface area contributed by atoms with Gasteiger partial charge in [-0.3, -0.25) is 4.79 Å². The van der Waals surface area contributed by atoms with Crippen LogP contribution < -0.4 is 5.73 Å². The Morgan fingerprint density at radius 1 is 1.42 bits per heavy atom. The molecule has 0 aliphatic rings. The molecule has 0 rings (SSSR count). The molecule has 72 valence electrons. The molecule has 0 fully saturated rings. The molecule has 12 heavy (non-hydrogen) atoms. The van der Waals surface area contributed by atoms with E-state index in [2.05, 4.69) is 0 Å². The highest BCUT2D eigenvalue weighted by molar-refractivity contribution is 5.73. The molecule has 0 aromatic carbocycles. The minimum Gasteiger partial charge on any atom is -0.480 e. The first-order valence-electron chi connectivity index (χ1n) is 3.28. The second kappa shape index (κ2) is 4.30. The summed E-state index contributed by atoms with van der Waals surface area (Å²) in [5.74, 6) is -2.87. The van der Waals surface area contributed by atoms with Gasteiger partial charge in [-0.05, 0) is 0 Å². The zero-order chi connectivity index (χ0) is 9.89. The first-order chi connectivity index (χ1) is 5.37. The highest BCUT2D eigenvalue weighted by atomic mass is 19.3. The molecule has 3 atom stereocenters. The zero-order valence-electron chi connectivity index (χ0n) is 6.38. The highest BCUT2D eigenvalue weighted by Gasteiger charge is 2.33. The van der Waals surface area contributed by atoms with Crippen molar-refractivity contribution >= 4 is 5.97 Å². The normalized spacial score (nSPS) is 18.8. The quantitative estimate of drug-likeness (QED) is 0.675. The summed E-state index contributed by atoms with van der Waals surface area (Å²) in [7, 11) is 0. The molecular weight excluding hydrogens is 175 g/mol. The summed E-state index contributed by atoms with van der Waals surface area (Å²) < 4.78 is 35.8. The number of hydrogen-bond acceptors (Lipinski definition) is 2. The summed E-state index contributed by atoms with van der Waals surface area (Å²) >= 11 is 0. The number of carboxylic acid groups (broad SMARTS) is 1. The van der Waals surface area contributed by atoms with Crippen molar-refractivity contribution in [2.24, 2.45) is 11.7 Å². The Morgan fingerprint density at radius 3 is 2.08 bits per heavy atom. The lowest BCUT2D eigenvalue weighted by Crippen LogP contribution is -2.42. The Kier molecular flexibility index (Phi) is 4.02. The Balaban J connectivity index is 4.18. The van der Waals surface area contributed by atoms with Crippen LogP contribution in [0.3, 0.4) is 0 Å². The van der Waals surface area contributed by atoms with Crippen LogP contribution in [0.5, 0.6) is 0 Å². The number of rotatable bonds is 4. The van der Waals surface area contributed by atoms with Crippen LogP contribution in [0.15, 0.2) is 0 Å². The minimum absolute atomic E-state index is 1.04. The summed E-state index contributed by atoms with van der Waals surface area (Å²) in [5.41, 5.74) is 4.93. The van der Waals surface area contributed by atoms with Gasteiger partial charge in [-0.2, -0.15) is 0 Å². The maximum absolute atomic E-state index is 12.4. The summed E-state index contributed by atoms with van der Waals surface area (Å²) in [5, 5.41) is 8.25. The molecule has 0 aliphatic carbocycles. The zero-order valence-corrected chi connectivity index (χ0v) is 6.38. The van der Waals surface area contributed by atoms with Gasteiger partial charge in [0.25, 0.3) is 6.43 Å². The third-order valence-electron chi connectivity index (χ3n) is 1.59. The Bertz CT molecular complexity index is 165. The van der Waals surface area contributed by atoms with Crippen molar-refractivity contribution in [3.05, 3.63) is 0 Å². The summed E-state index contributed by atoms with van der Waals surface area (Å²) in [6.45, 7) is 1.04. The number of nitrogens with two attached hydrogens (primary N) is 1. The molecule has 0 radical (unpaired) electrons. The molecule has 3 N–H and O–H groups in total. The topological polar surface area (TPSA) is 63.3 Å². The third kappa shape index (κ3) is 2.69. The smallest absolute Gasteiger partial charge is 0.320 e. The molecule has 0 spiro atoms. The fourth-order valence-electron chi connectivity index (χ4n) is 0.652. The van der Waals surface area contributed by atoms with Gasteiger partial charge in [0.2, 0.25) is 0 Å². The molecule has 0 aromatic heterocycles. The number of alkyl halides is 3. The van der Waals surface area contributed by atoms with E-state index >= 15 is 0 Å². The van der Waals surface area contributed by atoms with Crippen molar-refractivity contribution in [3.63, 3.8) is 0 Å². The predicted molar refractivity (Wildman–Crippen MR) is 35.7 cm³/mol. The lowest BCUT2D eigenvalue weighted by molar-refractivity contribution is -0.141. The van der Waals surface area contributed by atoms with E-state index < -0.39 is 30.5 Å². The lowest BCUT2D eigenvalue weighted by atomic mass is 9.98. The van der Waals surface area contributed by atoms with Gasteiger partial charge in [0.05, 0.1) is 0 Å². The monoisotopic (exact) mass is 185 g/mol. The largest absolute Gasteiger partial charge is 0.480 e. The lowest BCUT2D eigenvalue weighted by Gasteiger charge is -2.19. The van der Waals surface area contributed by atoms with Gasteiger partial charge < -0.3 is 10.8 Å². The summed E-state index contributed by atoms with van der Waals surface area (Å²) in [6.07, 6.45) is -5.68. The van der Waals surface area contributed by atoms with Crippen LogP contribution in [0.25, 0.3) is 0 Å². The molecule has 0 aliphatic heterocycles. The van der Waals surface area contributed by atoms with Crippen molar-refractivity contribution < 1.29 is 23.1 Å². The third-order valence-corrected chi connectivity index (χ3v) is 1.59. The number of aliphatic carboxylic acids is 1. The summed E-state index contributed by atoms with van der Waals surface area (Å²) in [6, 6.07) is -1.59.